The number of nitrogens with one attached hydrogen (secondary N) is 2. The molecule has 4 rings (SSSR count). The Labute approximate surface area is 219 Å². The smallest absolute Gasteiger partial charge is 0.407 e. The molecule has 1 fully saturated rings. The molecule has 9 nitrogen and oxygen atoms in total. The van der Waals surface area contributed by atoms with Crippen LogP contribution in [0.15, 0.2) is 30.3 Å². The number of morpholine rings is 1. The first-order chi connectivity index (χ1) is 17.1. The Bertz CT molecular complexity index is 1250. The summed E-state index contributed by atoms with van der Waals surface area (Å²) in [7, 11) is 0. The highest BCUT2D eigenvalue weighted by atomic mass is 35.5. The molecule has 1 aromatic carbocycles. The fourth-order valence-electron chi connectivity index (χ4n) is 3.82. The van der Waals surface area contributed by atoms with Gasteiger partial charge in [-0.25, -0.2) is 9.78 Å². The Kier molecular flexibility index (Phi) is 7.97. The second-order valence-electron chi connectivity index (χ2n) is 9.62. The topological polar surface area (TPSA) is 106 Å². The van der Waals surface area contributed by atoms with Gasteiger partial charge in [0.15, 0.2) is 5.82 Å². The minimum atomic E-state index is -0.598. The number of anilines is 2. The standard InChI is InChI=1S/C25H30ClN5O4S/c1-15(27-24(33)35-25(2,3)4)12-20(32)28-17-7-5-6-16(13-17)19-14-18-21(36-19)22(30-23(26)29-18)31-8-10-34-11-9-31/h5-7,13-15H,8-12H2,1-4H3,(H,27,33)(H,28,32). The molecule has 0 bridgehead atoms. The summed E-state index contributed by atoms with van der Waals surface area (Å²) >= 11 is 7.82. The normalized spacial score (nSPS) is 15.0. The van der Waals surface area contributed by atoms with E-state index in [0.717, 1.165) is 39.6 Å². The fraction of sp³-hybridized carbons (Fsp3) is 0.440. The van der Waals surface area contributed by atoms with E-state index in [1.807, 2.05) is 30.3 Å². The molecular weight excluding hydrogens is 502 g/mol. The summed E-state index contributed by atoms with van der Waals surface area (Å²) in [5, 5.41) is 5.81. The zero-order valence-corrected chi connectivity index (χ0v) is 22.3. The van der Waals surface area contributed by atoms with E-state index >= 15 is 0 Å². The first kappa shape index (κ1) is 26.1. The minimum absolute atomic E-state index is 0.114. The number of halogens is 1. The Balaban J connectivity index is 1.46. The maximum absolute atomic E-state index is 12.6. The number of nitrogens with zero attached hydrogens (tertiary/aromatic N) is 3. The molecule has 2 aromatic heterocycles. The Morgan fingerprint density at radius 2 is 1.97 bits per heavy atom. The van der Waals surface area contributed by atoms with Crippen LogP contribution in [0.25, 0.3) is 20.7 Å². The first-order valence-corrected chi connectivity index (χ1v) is 13.0. The summed E-state index contributed by atoms with van der Waals surface area (Å²) in [5.74, 6) is 0.611. The third kappa shape index (κ3) is 6.83. The Hall–Kier alpha value is -2.95. The molecule has 3 heterocycles. The molecule has 1 atom stereocenters. The molecule has 192 valence electrons. The molecule has 36 heavy (non-hydrogen) atoms. The van der Waals surface area contributed by atoms with Gasteiger partial charge in [-0.3, -0.25) is 4.79 Å². The van der Waals surface area contributed by atoms with Crippen LogP contribution in [0.4, 0.5) is 16.3 Å². The molecule has 1 aliphatic heterocycles. The zero-order valence-electron chi connectivity index (χ0n) is 20.8. The number of aromatic nitrogens is 2. The largest absolute Gasteiger partial charge is 0.444 e. The van der Waals surface area contributed by atoms with Crippen LogP contribution in [0, 0.1) is 0 Å². The quantitative estimate of drug-likeness (QED) is 0.427. The Morgan fingerprint density at radius 3 is 2.69 bits per heavy atom. The number of thiophene rings is 1. The van der Waals surface area contributed by atoms with E-state index in [1.54, 1.807) is 39.0 Å². The van der Waals surface area contributed by atoms with Gasteiger partial charge in [-0.1, -0.05) is 12.1 Å². The molecule has 3 aromatic rings. The van der Waals surface area contributed by atoms with Gasteiger partial charge < -0.3 is 25.0 Å². The molecule has 0 aliphatic carbocycles. The number of alkyl carbamates (subject to hydrolysis) is 1. The lowest BCUT2D eigenvalue weighted by Crippen LogP contribution is -2.39. The molecule has 2 N–H and O–H groups in total. The van der Waals surface area contributed by atoms with E-state index < -0.39 is 11.7 Å². The van der Waals surface area contributed by atoms with Crippen molar-refractivity contribution in [3.05, 3.63) is 35.6 Å². The first-order valence-electron chi connectivity index (χ1n) is 11.8. The maximum atomic E-state index is 12.6. The van der Waals surface area contributed by atoms with Crippen molar-refractivity contribution in [3.8, 4) is 10.4 Å². The van der Waals surface area contributed by atoms with Crippen molar-refractivity contribution < 1.29 is 19.1 Å². The van der Waals surface area contributed by atoms with Gasteiger partial charge in [0.25, 0.3) is 0 Å². The SMILES string of the molecule is CC(CC(=O)Nc1cccc(-c2cc3nc(Cl)nc(N4CCOCC4)c3s2)c1)NC(=O)OC(C)(C)C. The summed E-state index contributed by atoms with van der Waals surface area (Å²) in [6.45, 7) is 9.92. The molecule has 0 spiro atoms. The molecule has 0 saturated carbocycles. The molecular formula is C25H30ClN5O4S. The van der Waals surface area contributed by atoms with Gasteiger partial charge in [0.1, 0.15) is 5.60 Å². The van der Waals surface area contributed by atoms with Crippen molar-refractivity contribution in [1.29, 1.82) is 0 Å². The van der Waals surface area contributed by atoms with E-state index in [4.69, 9.17) is 21.1 Å². The molecule has 1 aliphatic rings. The van der Waals surface area contributed by atoms with Gasteiger partial charge in [0, 0.05) is 36.1 Å². The number of carbonyl (C=O) groups excluding carboxylic acids is 2. The van der Waals surface area contributed by atoms with E-state index in [9.17, 15) is 9.59 Å². The number of carbonyl (C=O) groups is 2. The molecule has 0 radical (unpaired) electrons. The van der Waals surface area contributed by atoms with Crippen molar-refractivity contribution in [1.82, 2.24) is 15.3 Å². The number of hydrogen-bond donors (Lipinski definition) is 2. The highest BCUT2D eigenvalue weighted by Crippen LogP contribution is 2.38. The summed E-state index contributed by atoms with van der Waals surface area (Å²) < 4.78 is 11.7. The van der Waals surface area contributed by atoms with Crippen molar-refractivity contribution >= 4 is 56.7 Å². The predicted molar refractivity (Wildman–Crippen MR) is 143 cm³/mol. The summed E-state index contributed by atoms with van der Waals surface area (Å²) in [4.78, 5) is 36.6. The predicted octanol–water partition coefficient (Wildman–Crippen LogP) is 5.09. The van der Waals surface area contributed by atoms with Crippen LogP contribution in [0.2, 0.25) is 5.28 Å². The van der Waals surface area contributed by atoms with Crippen LogP contribution < -0.4 is 15.5 Å². The van der Waals surface area contributed by atoms with E-state index in [1.165, 1.54) is 0 Å². The highest BCUT2D eigenvalue weighted by molar-refractivity contribution is 7.22. The van der Waals surface area contributed by atoms with Crippen LogP contribution in [0.1, 0.15) is 34.1 Å². The third-order valence-electron chi connectivity index (χ3n) is 5.32. The number of ether oxygens (including phenoxy) is 2. The van der Waals surface area contributed by atoms with Crippen molar-refractivity contribution in [2.75, 3.05) is 36.5 Å². The Morgan fingerprint density at radius 1 is 1.22 bits per heavy atom. The summed E-state index contributed by atoms with van der Waals surface area (Å²) in [6.07, 6.45) is -0.433. The van der Waals surface area contributed by atoms with Gasteiger partial charge >= 0.3 is 6.09 Å². The second kappa shape index (κ2) is 11.0. The van der Waals surface area contributed by atoms with Crippen molar-refractivity contribution in [3.63, 3.8) is 0 Å². The second-order valence-corrected chi connectivity index (χ2v) is 11.0. The maximum Gasteiger partial charge on any atom is 0.407 e. The number of rotatable bonds is 6. The van der Waals surface area contributed by atoms with Crippen LogP contribution in [0.3, 0.4) is 0 Å². The van der Waals surface area contributed by atoms with Gasteiger partial charge in [0.05, 0.1) is 23.4 Å². The van der Waals surface area contributed by atoms with Crippen molar-refractivity contribution in [2.24, 2.45) is 0 Å². The number of amides is 2. The average Bonchev–Trinajstić information content (AvgIpc) is 3.21. The molecule has 1 saturated heterocycles. The van der Waals surface area contributed by atoms with Crippen molar-refractivity contribution in [2.45, 2.75) is 45.8 Å². The average molecular weight is 532 g/mol. The van der Waals surface area contributed by atoms with Crippen LogP contribution in [0.5, 0.6) is 0 Å². The van der Waals surface area contributed by atoms with E-state index in [-0.39, 0.29) is 23.7 Å². The van der Waals surface area contributed by atoms with Gasteiger partial charge in [-0.2, -0.15) is 4.98 Å². The van der Waals surface area contributed by atoms with Gasteiger partial charge in [-0.15, -0.1) is 11.3 Å². The highest BCUT2D eigenvalue weighted by Gasteiger charge is 2.21. The lowest BCUT2D eigenvalue weighted by Gasteiger charge is -2.28. The van der Waals surface area contributed by atoms with Gasteiger partial charge in [-0.05, 0) is 63.1 Å². The molecule has 1 unspecified atom stereocenters. The van der Waals surface area contributed by atoms with E-state index in [0.29, 0.717) is 18.9 Å². The van der Waals surface area contributed by atoms with Crippen LogP contribution in [-0.2, 0) is 14.3 Å². The molecule has 2 amide bonds. The number of benzene rings is 1. The monoisotopic (exact) mass is 531 g/mol. The van der Waals surface area contributed by atoms with Crippen LogP contribution >= 0.6 is 22.9 Å². The lowest BCUT2D eigenvalue weighted by molar-refractivity contribution is -0.116. The van der Waals surface area contributed by atoms with Gasteiger partial charge in [0.2, 0.25) is 11.2 Å². The summed E-state index contributed by atoms with van der Waals surface area (Å²) in [6, 6.07) is 9.22. The minimum Gasteiger partial charge on any atom is -0.444 e. The zero-order chi connectivity index (χ0) is 25.9. The van der Waals surface area contributed by atoms with E-state index in [2.05, 4.69) is 25.5 Å². The summed E-state index contributed by atoms with van der Waals surface area (Å²) in [5.41, 5.74) is 1.79. The third-order valence-corrected chi connectivity index (χ3v) is 6.66. The lowest BCUT2D eigenvalue weighted by atomic mass is 10.1. The van der Waals surface area contributed by atoms with Crippen LogP contribution in [-0.4, -0.2) is 59.9 Å². The molecule has 11 heteroatoms. The number of fused-ring (bicyclic) bond motifs is 1. The number of hydrogen-bond acceptors (Lipinski definition) is 8. The fourth-order valence-corrected chi connectivity index (χ4v) is 5.10.